The van der Waals surface area contributed by atoms with E-state index in [1.54, 1.807) is 0 Å². The molecule has 2 rings (SSSR count). The van der Waals surface area contributed by atoms with Gasteiger partial charge in [0.05, 0.1) is 12.3 Å². The largest absolute Gasteiger partial charge is 0.357 e. The van der Waals surface area contributed by atoms with Crippen LogP contribution in [0.2, 0.25) is 0 Å². The Bertz CT molecular complexity index is 652. The molecule has 0 saturated carbocycles. The fourth-order valence-corrected chi connectivity index (χ4v) is 3.49. The molecule has 1 heterocycles. The summed E-state index contributed by atoms with van der Waals surface area (Å²) < 4.78 is 22.5. The molecule has 1 aromatic rings. The van der Waals surface area contributed by atoms with E-state index < -0.39 is 9.84 Å². The van der Waals surface area contributed by atoms with Gasteiger partial charge in [0.25, 0.3) is 0 Å². The van der Waals surface area contributed by atoms with Crippen LogP contribution in [0.5, 0.6) is 0 Å². The summed E-state index contributed by atoms with van der Waals surface area (Å²) in [5, 5.41) is 6.29. The Balaban J connectivity index is 0.00000338. The van der Waals surface area contributed by atoms with Crippen LogP contribution >= 0.6 is 24.0 Å². The van der Waals surface area contributed by atoms with Crippen molar-refractivity contribution in [2.75, 3.05) is 38.2 Å². The Kier molecular flexibility index (Phi) is 10.5. The molecule has 1 unspecified atom stereocenters. The van der Waals surface area contributed by atoms with E-state index >= 15 is 0 Å². The van der Waals surface area contributed by atoms with Crippen LogP contribution < -0.4 is 10.6 Å². The second-order valence-electron chi connectivity index (χ2n) is 6.53. The van der Waals surface area contributed by atoms with Crippen LogP contribution in [-0.4, -0.2) is 63.5 Å². The van der Waals surface area contributed by atoms with E-state index in [0.29, 0.717) is 18.5 Å². The average Bonchev–Trinajstić information content (AvgIpc) is 2.99. The highest BCUT2D eigenvalue weighted by Crippen LogP contribution is 2.20. The summed E-state index contributed by atoms with van der Waals surface area (Å²) >= 11 is 0. The van der Waals surface area contributed by atoms with Gasteiger partial charge in [-0.1, -0.05) is 30.3 Å². The molecule has 6 nitrogen and oxygen atoms in total. The molecule has 1 aliphatic rings. The van der Waals surface area contributed by atoms with Crippen molar-refractivity contribution >= 4 is 39.8 Å². The molecule has 0 amide bonds. The normalized spacial score (nSPS) is 18.4. The van der Waals surface area contributed by atoms with E-state index in [9.17, 15) is 8.42 Å². The van der Waals surface area contributed by atoms with Crippen LogP contribution in [0.15, 0.2) is 35.3 Å². The topological polar surface area (TPSA) is 73.8 Å². The number of hydrogen-bond donors (Lipinski definition) is 2. The van der Waals surface area contributed by atoms with Crippen LogP contribution in [0.1, 0.15) is 25.3 Å². The molecule has 8 heteroatoms. The van der Waals surface area contributed by atoms with Crippen molar-refractivity contribution in [3.05, 3.63) is 35.9 Å². The van der Waals surface area contributed by atoms with Gasteiger partial charge < -0.3 is 10.6 Å². The summed E-state index contributed by atoms with van der Waals surface area (Å²) in [6.45, 7) is 5.92. The summed E-state index contributed by atoms with van der Waals surface area (Å²) in [5.74, 6) is 0.804. The average molecular weight is 494 g/mol. The number of likely N-dealkylation sites (tertiary alicyclic amines) is 1. The van der Waals surface area contributed by atoms with Crippen molar-refractivity contribution < 1.29 is 8.42 Å². The van der Waals surface area contributed by atoms with Gasteiger partial charge in [-0.25, -0.2) is 8.42 Å². The first-order valence-corrected chi connectivity index (χ1v) is 11.0. The minimum Gasteiger partial charge on any atom is -0.357 e. The van der Waals surface area contributed by atoms with E-state index in [0.717, 1.165) is 32.6 Å². The molecule has 0 radical (unpaired) electrons. The molecule has 26 heavy (non-hydrogen) atoms. The maximum Gasteiger partial charge on any atom is 0.191 e. The second-order valence-corrected chi connectivity index (χ2v) is 8.79. The van der Waals surface area contributed by atoms with Crippen LogP contribution in [0.25, 0.3) is 0 Å². The highest BCUT2D eigenvalue weighted by atomic mass is 127. The molecule has 0 aliphatic carbocycles. The first kappa shape index (κ1) is 23.2. The Hall–Kier alpha value is -0.870. The van der Waals surface area contributed by atoms with Crippen LogP contribution in [0.4, 0.5) is 0 Å². The maximum atomic E-state index is 11.2. The number of sulfone groups is 1. The lowest BCUT2D eigenvalue weighted by Gasteiger charge is -2.23. The van der Waals surface area contributed by atoms with Crippen molar-refractivity contribution in [2.24, 2.45) is 4.99 Å². The van der Waals surface area contributed by atoms with Gasteiger partial charge in [0.2, 0.25) is 0 Å². The molecule has 1 aliphatic heterocycles. The number of rotatable bonds is 8. The lowest BCUT2D eigenvalue weighted by Crippen LogP contribution is -2.40. The molecule has 0 spiro atoms. The number of nitrogens with zero attached hydrogens (tertiary/aromatic N) is 2. The zero-order valence-electron chi connectivity index (χ0n) is 15.6. The zero-order chi connectivity index (χ0) is 18.1. The molecule has 0 bridgehead atoms. The van der Waals surface area contributed by atoms with E-state index in [2.05, 4.69) is 44.8 Å². The number of aliphatic imine (C=N–C) groups is 1. The molecular weight excluding hydrogens is 463 g/mol. The lowest BCUT2D eigenvalue weighted by atomic mass is 10.2. The second kappa shape index (κ2) is 11.8. The highest BCUT2D eigenvalue weighted by molar-refractivity contribution is 14.0. The first-order chi connectivity index (χ1) is 12.0. The van der Waals surface area contributed by atoms with E-state index in [4.69, 9.17) is 0 Å². The standard InChI is InChI=1S/C18H30N4O2S.HI/c1-3-19-18(20-11-13-25(2,23)24)21-14-17-10-7-12-22(17)15-16-8-5-4-6-9-16;/h4-6,8-9,17H,3,7,10-15H2,1-2H3,(H2,19,20,21);1H. The van der Waals surface area contributed by atoms with Gasteiger partial charge in [0.15, 0.2) is 5.96 Å². The van der Waals surface area contributed by atoms with Gasteiger partial charge in [-0.15, -0.1) is 24.0 Å². The van der Waals surface area contributed by atoms with Crippen molar-refractivity contribution in [2.45, 2.75) is 32.4 Å². The Morgan fingerprint density at radius 1 is 1.27 bits per heavy atom. The van der Waals surface area contributed by atoms with Gasteiger partial charge in [-0.05, 0) is 31.9 Å². The quantitative estimate of drug-likeness (QED) is 0.328. The lowest BCUT2D eigenvalue weighted by molar-refractivity contribution is 0.250. The predicted octanol–water partition coefficient (Wildman–Crippen LogP) is 1.87. The van der Waals surface area contributed by atoms with Gasteiger partial charge in [-0.3, -0.25) is 9.89 Å². The zero-order valence-corrected chi connectivity index (χ0v) is 18.8. The molecule has 2 N–H and O–H groups in total. The fourth-order valence-electron chi connectivity index (χ4n) is 3.02. The van der Waals surface area contributed by atoms with Crippen LogP contribution in [0, 0.1) is 0 Å². The van der Waals surface area contributed by atoms with Crippen molar-refractivity contribution in [3.8, 4) is 0 Å². The summed E-state index contributed by atoms with van der Waals surface area (Å²) in [6.07, 6.45) is 3.60. The highest BCUT2D eigenvalue weighted by Gasteiger charge is 2.24. The number of benzene rings is 1. The van der Waals surface area contributed by atoms with E-state index in [1.165, 1.54) is 18.2 Å². The Morgan fingerprint density at radius 2 is 2.00 bits per heavy atom. The van der Waals surface area contributed by atoms with Gasteiger partial charge in [0.1, 0.15) is 9.84 Å². The molecule has 148 valence electrons. The van der Waals surface area contributed by atoms with Gasteiger partial charge in [-0.2, -0.15) is 0 Å². The molecule has 0 aromatic heterocycles. The molecule has 1 aromatic carbocycles. The summed E-state index contributed by atoms with van der Waals surface area (Å²) in [4.78, 5) is 7.15. The monoisotopic (exact) mass is 494 g/mol. The minimum absolute atomic E-state index is 0. The SMILES string of the molecule is CCNC(=NCC1CCCN1Cc1ccccc1)NCCS(C)(=O)=O.I. The minimum atomic E-state index is -2.96. The molecule has 1 atom stereocenters. The molecule has 1 fully saturated rings. The van der Waals surface area contributed by atoms with Crippen LogP contribution in [-0.2, 0) is 16.4 Å². The number of guanidine groups is 1. The summed E-state index contributed by atoms with van der Waals surface area (Å²) in [7, 11) is -2.96. The first-order valence-electron chi connectivity index (χ1n) is 8.96. The third kappa shape index (κ3) is 8.68. The third-order valence-corrected chi connectivity index (χ3v) is 5.24. The van der Waals surface area contributed by atoms with E-state index in [1.807, 2.05) is 13.0 Å². The van der Waals surface area contributed by atoms with Crippen molar-refractivity contribution in [3.63, 3.8) is 0 Å². The number of halogens is 1. The fraction of sp³-hybridized carbons (Fsp3) is 0.611. The Labute approximate surface area is 174 Å². The predicted molar refractivity (Wildman–Crippen MR) is 119 cm³/mol. The van der Waals surface area contributed by atoms with Crippen molar-refractivity contribution in [1.82, 2.24) is 15.5 Å². The third-order valence-electron chi connectivity index (χ3n) is 4.30. The Morgan fingerprint density at radius 3 is 2.65 bits per heavy atom. The summed E-state index contributed by atoms with van der Waals surface area (Å²) in [5.41, 5.74) is 1.33. The summed E-state index contributed by atoms with van der Waals surface area (Å²) in [6, 6.07) is 11.0. The van der Waals surface area contributed by atoms with Crippen LogP contribution in [0.3, 0.4) is 0 Å². The van der Waals surface area contributed by atoms with E-state index in [-0.39, 0.29) is 29.7 Å². The number of nitrogens with one attached hydrogen (secondary N) is 2. The smallest absolute Gasteiger partial charge is 0.191 e. The maximum absolute atomic E-state index is 11.2. The van der Waals surface area contributed by atoms with Gasteiger partial charge >= 0.3 is 0 Å². The molecular formula is C18H31IN4O2S. The number of hydrogen-bond acceptors (Lipinski definition) is 4. The van der Waals surface area contributed by atoms with Gasteiger partial charge in [0, 0.05) is 31.9 Å². The molecule has 1 saturated heterocycles. The van der Waals surface area contributed by atoms with Crippen molar-refractivity contribution in [1.29, 1.82) is 0 Å².